The number of benzene rings is 1. The van der Waals surface area contributed by atoms with Crippen LogP contribution >= 0.6 is 0 Å². The number of nitrogens with one attached hydrogen (secondary N) is 1. The van der Waals surface area contributed by atoms with Gasteiger partial charge in [0.25, 0.3) is 5.91 Å². The number of aryl methyl sites for hydroxylation is 1. The van der Waals surface area contributed by atoms with Crippen LogP contribution in [0.3, 0.4) is 0 Å². The van der Waals surface area contributed by atoms with Crippen molar-refractivity contribution in [2.75, 3.05) is 5.32 Å². The lowest BCUT2D eigenvalue weighted by molar-refractivity contribution is -0.137. The number of carbonyl (C=O) groups is 2. The second kappa shape index (κ2) is 5.52. The fourth-order valence-corrected chi connectivity index (χ4v) is 1.67. The molecule has 0 spiro atoms. The second-order valence-electron chi connectivity index (χ2n) is 4.21. The van der Waals surface area contributed by atoms with Gasteiger partial charge in [0, 0.05) is 6.20 Å². The second-order valence-corrected chi connectivity index (χ2v) is 4.21. The van der Waals surface area contributed by atoms with Gasteiger partial charge in [0.1, 0.15) is 12.4 Å². The molecule has 0 saturated carbocycles. The van der Waals surface area contributed by atoms with Crippen molar-refractivity contribution in [3.63, 3.8) is 0 Å². The summed E-state index contributed by atoms with van der Waals surface area (Å²) in [4.78, 5) is 22.4. The van der Waals surface area contributed by atoms with Crippen LogP contribution in [-0.4, -0.2) is 26.8 Å². The van der Waals surface area contributed by atoms with Gasteiger partial charge in [-0.05, 0) is 18.6 Å². The molecule has 0 radical (unpaired) electrons. The van der Waals surface area contributed by atoms with E-state index >= 15 is 0 Å². The third kappa shape index (κ3) is 3.00. The molecule has 7 heteroatoms. The Balaban J connectivity index is 2.13. The van der Waals surface area contributed by atoms with Gasteiger partial charge in [-0.3, -0.25) is 14.3 Å². The van der Waals surface area contributed by atoms with Gasteiger partial charge >= 0.3 is 5.97 Å². The number of aromatic nitrogens is 2. The van der Waals surface area contributed by atoms with Crippen LogP contribution in [0.15, 0.2) is 30.6 Å². The maximum absolute atomic E-state index is 13.8. The van der Waals surface area contributed by atoms with E-state index in [1.807, 2.05) is 0 Å². The van der Waals surface area contributed by atoms with Gasteiger partial charge < -0.3 is 10.4 Å². The fourth-order valence-electron chi connectivity index (χ4n) is 1.67. The highest BCUT2D eigenvalue weighted by atomic mass is 19.1. The average molecular weight is 277 g/mol. The van der Waals surface area contributed by atoms with Crippen LogP contribution in [0.25, 0.3) is 0 Å². The van der Waals surface area contributed by atoms with Crippen LogP contribution in [-0.2, 0) is 11.3 Å². The first kappa shape index (κ1) is 13.7. The summed E-state index contributed by atoms with van der Waals surface area (Å²) in [5.74, 6) is -2.24. The van der Waals surface area contributed by atoms with Gasteiger partial charge in [-0.2, -0.15) is 5.10 Å². The molecule has 20 heavy (non-hydrogen) atoms. The number of hydrogen-bond donors (Lipinski definition) is 2. The molecule has 1 heterocycles. The van der Waals surface area contributed by atoms with Gasteiger partial charge in [-0.15, -0.1) is 0 Å². The minimum Gasteiger partial charge on any atom is -0.480 e. The maximum atomic E-state index is 13.8. The molecule has 0 bridgehead atoms. The van der Waals surface area contributed by atoms with Crippen molar-refractivity contribution in [1.82, 2.24) is 9.78 Å². The van der Waals surface area contributed by atoms with Gasteiger partial charge in [0.05, 0.1) is 17.4 Å². The minimum absolute atomic E-state index is 0.0732. The van der Waals surface area contributed by atoms with Crippen molar-refractivity contribution in [2.45, 2.75) is 13.5 Å². The third-order valence-electron chi connectivity index (χ3n) is 2.62. The first-order chi connectivity index (χ1) is 9.47. The highest BCUT2D eigenvalue weighted by molar-refractivity contribution is 6.04. The summed E-state index contributed by atoms with van der Waals surface area (Å²) < 4.78 is 14.9. The molecular weight excluding hydrogens is 265 g/mol. The van der Waals surface area contributed by atoms with Crippen molar-refractivity contribution in [3.8, 4) is 0 Å². The number of carboxylic acid groups (broad SMARTS) is 1. The first-order valence-corrected chi connectivity index (χ1v) is 5.78. The first-order valence-electron chi connectivity index (χ1n) is 5.78. The van der Waals surface area contributed by atoms with Gasteiger partial charge in [-0.1, -0.05) is 12.1 Å². The Morgan fingerprint density at radius 1 is 1.45 bits per heavy atom. The molecular formula is C13H12FN3O3. The predicted octanol–water partition coefficient (Wildman–Crippen LogP) is 1.67. The summed E-state index contributed by atoms with van der Waals surface area (Å²) in [6, 6.07) is 4.53. The number of nitrogens with zero attached hydrogens (tertiary/aromatic N) is 2. The van der Waals surface area contributed by atoms with E-state index in [9.17, 15) is 14.0 Å². The zero-order valence-corrected chi connectivity index (χ0v) is 10.6. The smallest absolute Gasteiger partial charge is 0.325 e. The van der Waals surface area contributed by atoms with Crippen LogP contribution in [0, 0.1) is 12.7 Å². The number of carboxylic acids is 1. The summed E-state index contributed by atoms with van der Waals surface area (Å²) in [5.41, 5.74) is 0.604. The summed E-state index contributed by atoms with van der Waals surface area (Å²) in [7, 11) is 0. The molecule has 1 amide bonds. The number of halogens is 1. The van der Waals surface area contributed by atoms with Crippen molar-refractivity contribution in [1.29, 1.82) is 0 Å². The molecule has 0 aliphatic heterocycles. The third-order valence-corrected chi connectivity index (χ3v) is 2.62. The lowest BCUT2D eigenvalue weighted by Gasteiger charge is -2.05. The SMILES string of the molecule is Cc1cccc(C(=O)Nc2cnn(CC(=O)O)c2)c1F. The van der Waals surface area contributed by atoms with E-state index in [1.165, 1.54) is 18.5 Å². The molecule has 2 N–H and O–H groups in total. The van der Waals surface area contributed by atoms with Crippen molar-refractivity contribution < 1.29 is 19.1 Å². The Bertz CT molecular complexity index is 667. The average Bonchev–Trinajstić information content (AvgIpc) is 2.79. The number of hydrogen-bond acceptors (Lipinski definition) is 3. The van der Waals surface area contributed by atoms with E-state index in [4.69, 9.17) is 5.11 Å². The lowest BCUT2D eigenvalue weighted by Crippen LogP contribution is -2.14. The van der Waals surface area contributed by atoms with E-state index in [0.29, 0.717) is 11.3 Å². The summed E-state index contributed by atoms with van der Waals surface area (Å²) >= 11 is 0. The van der Waals surface area contributed by atoms with E-state index in [2.05, 4.69) is 10.4 Å². The number of anilines is 1. The molecule has 0 aliphatic carbocycles. The fraction of sp³-hybridized carbons (Fsp3) is 0.154. The van der Waals surface area contributed by atoms with Gasteiger partial charge in [0.15, 0.2) is 0 Å². The van der Waals surface area contributed by atoms with Crippen molar-refractivity contribution >= 4 is 17.6 Å². The lowest BCUT2D eigenvalue weighted by atomic mass is 10.1. The van der Waals surface area contributed by atoms with Crippen LogP contribution in [0.5, 0.6) is 0 Å². The molecule has 1 aromatic carbocycles. The number of rotatable bonds is 4. The number of carbonyl (C=O) groups excluding carboxylic acids is 1. The molecule has 0 fully saturated rings. The monoisotopic (exact) mass is 277 g/mol. The quantitative estimate of drug-likeness (QED) is 0.890. The Labute approximate surface area is 113 Å². The normalized spacial score (nSPS) is 10.3. The zero-order chi connectivity index (χ0) is 14.7. The predicted molar refractivity (Wildman–Crippen MR) is 69.0 cm³/mol. The standard InChI is InChI=1S/C13H12FN3O3/c1-8-3-2-4-10(12(8)14)13(20)16-9-5-15-17(6-9)7-11(18)19/h2-6H,7H2,1H3,(H,16,20)(H,18,19). The van der Waals surface area contributed by atoms with Crippen LogP contribution in [0.2, 0.25) is 0 Å². The molecule has 0 aliphatic rings. The van der Waals surface area contributed by atoms with Crippen LogP contribution in [0.4, 0.5) is 10.1 Å². The van der Waals surface area contributed by atoms with Crippen molar-refractivity contribution in [3.05, 3.63) is 47.5 Å². The Morgan fingerprint density at radius 3 is 2.90 bits per heavy atom. The van der Waals surface area contributed by atoms with Gasteiger partial charge in [0.2, 0.25) is 0 Å². The molecule has 6 nitrogen and oxygen atoms in total. The molecule has 2 aromatic rings. The Kier molecular flexibility index (Phi) is 3.79. The Hall–Kier alpha value is -2.70. The topological polar surface area (TPSA) is 84.2 Å². The van der Waals surface area contributed by atoms with E-state index in [1.54, 1.807) is 19.1 Å². The van der Waals surface area contributed by atoms with E-state index in [-0.39, 0.29) is 12.1 Å². The number of amides is 1. The molecule has 104 valence electrons. The molecule has 2 rings (SSSR count). The highest BCUT2D eigenvalue weighted by Crippen LogP contribution is 2.14. The zero-order valence-electron chi connectivity index (χ0n) is 10.6. The van der Waals surface area contributed by atoms with Crippen LogP contribution < -0.4 is 5.32 Å². The Morgan fingerprint density at radius 2 is 2.20 bits per heavy atom. The molecule has 0 atom stereocenters. The minimum atomic E-state index is -1.05. The summed E-state index contributed by atoms with van der Waals surface area (Å²) in [6.07, 6.45) is 2.66. The van der Waals surface area contributed by atoms with Crippen LogP contribution in [0.1, 0.15) is 15.9 Å². The molecule has 0 saturated heterocycles. The largest absolute Gasteiger partial charge is 0.480 e. The van der Waals surface area contributed by atoms with E-state index < -0.39 is 17.7 Å². The maximum Gasteiger partial charge on any atom is 0.325 e. The van der Waals surface area contributed by atoms with Crippen molar-refractivity contribution in [2.24, 2.45) is 0 Å². The number of aliphatic carboxylic acids is 1. The molecule has 1 aromatic heterocycles. The summed E-state index contributed by atoms with van der Waals surface area (Å²) in [5, 5.41) is 14.8. The highest BCUT2D eigenvalue weighted by Gasteiger charge is 2.14. The summed E-state index contributed by atoms with van der Waals surface area (Å²) in [6.45, 7) is 1.26. The van der Waals surface area contributed by atoms with E-state index in [0.717, 1.165) is 4.68 Å². The van der Waals surface area contributed by atoms with Gasteiger partial charge in [-0.25, -0.2) is 4.39 Å². The molecule has 0 unspecified atom stereocenters.